The molecule has 0 spiro atoms. The largest absolute Gasteiger partial charge is 0.322 e. The van der Waals surface area contributed by atoms with Crippen LogP contribution in [0.5, 0.6) is 0 Å². The lowest BCUT2D eigenvalue weighted by Crippen LogP contribution is -2.14. The van der Waals surface area contributed by atoms with Gasteiger partial charge in [-0.15, -0.1) is 11.8 Å². The highest BCUT2D eigenvalue weighted by Crippen LogP contribution is 2.33. The van der Waals surface area contributed by atoms with Crippen LogP contribution in [0.15, 0.2) is 53.4 Å². The highest BCUT2D eigenvalue weighted by atomic mass is 32.2. The Balaban J connectivity index is 1.76. The third-order valence-corrected chi connectivity index (χ3v) is 7.53. The minimum atomic E-state index is -2.93. The summed E-state index contributed by atoms with van der Waals surface area (Å²) in [5, 5.41) is 2.96. The molecule has 1 unspecified atom stereocenters. The normalized spacial score (nSPS) is 18.8. The summed E-state index contributed by atoms with van der Waals surface area (Å²) in [4.78, 5) is 13.5. The number of hydrogen-bond donors (Lipinski definition) is 1. The molecule has 0 saturated carbocycles. The van der Waals surface area contributed by atoms with E-state index < -0.39 is 9.84 Å². The molecule has 132 valence electrons. The van der Waals surface area contributed by atoms with Crippen molar-refractivity contribution < 1.29 is 13.2 Å². The summed E-state index contributed by atoms with van der Waals surface area (Å²) < 4.78 is 23.3. The second kappa shape index (κ2) is 7.62. The molecular formula is C19H21NO3S2. The van der Waals surface area contributed by atoms with Crippen LogP contribution in [0.25, 0.3) is 0 Å². The van der Waals surface area contributed by atoms with E-state index in [0.29, 0.717) is 12.0 Å². The van der Waals surface area contributed by atoms with Gasteiger partial charge in [-0.05, 0) is 42.7 Å². The summed E-state index contributed by atoms with van der Waals surface area (Å²) in [7, 11) is -2.93. The van der Waals surface area contributed by atoms with Crippen LogP contribution in [-0.4, -0.2) is 31.1 Å². The molecule has 25 heavy (non-hydrogen) atoms. The van der Waals surface area contributed by atoms with Crippen molar-refractivity contribution in [2.24, 2.45) is 0 Å². The highest BCUT2D eigenvalue weighted by Gasteiger charge is 2.29. The lowest BCUT2D eigenvalue weighted by molar-refractivity contribution is 0.102. The van der Waals surface area contributed by atoms with Crippen molar-refractivity contribution in [2.45, 2.75) is 29.9 Å². The first kappa shape index (κ1) is 18.0. The van der Waals surface area contributed by atoms with Gasteiger partial charge in [0.05, 0.1) is 17.1 Å². The fraction of sp³-hybridized carbons (Fsp3) is 0.316. The minimum absolute atomic E-state index is 0.0161. The number of carbonyl (C=O) groups excluding carboxylic acids is 1. The van der Waals surface area contributed by atoms with Gasteiger partial charge >= 0.3 is 0 Å². The van der Waals surface area contributed by atoms with Crippen LogP contribution in [0.3, 0.4) is 0 Å². The summed E-state index contributed by atoms with van der Waals surface area (Å²) in [5.41, 5.74) is 2.52. The lowest BCUT2D eigenvalue weighted by atomic mass is 10.1. The van der Waals surface area contributed by atoms with Crippen molar-refractivity contribution in [3.05, 3.63) is 59.7 Å². The molecule has 1 amide bonds. The summed E-state index contributed by atoms with van der Waals surface area (Å²) in [6.45, 7) is 2.07. The van der Waals surface area contributed by atoms with Gasteiger partial charge in [-0.25, -0.2) is 8.42 Å². The molecule has 6 heteroatoms. The molecule has 3 rings (SSSR count). The SMILES string of the molecule is CCc1cccc(NC(=O)c2ccccc2SC2CCS(=O)(=O)C2)c1. The molecule has 1 aliphatic heterocycles. The molecule has 1 heterocycles. The monoisotopic (exact) mass is 375 g/mol. The van der Waals surface area contributed by atoms with E-state index in [4.69, 9.17) is 0 Å². The first-order valence-electron chi connectivity index (χ1n) is 8.33. The molecule has 4 nitrogen and oxygen atoms in total. The first-order valence-corrected chi connectivity index (χ1v) is 11.0. The summed E-state index contributed by atoms with van der Waals surface area (Å²) >= 11 is 1.49. The molecule has 2 aromatic carbocycles. The molecule has 0 aliphatic carbocycles. The Morgan fingerprint density at radius 1 is 1.20 bits per heavy atom. The number of thioether (sulfide) groups is 1. The number of anilines is 1. The zero-order valence-electron chi connectivity index (χ0n) is 14.1. The van der Waals surface area contributed by atoms with Crippen LogP contribution in [-0.2, 0) is 16.3 Å². The van der Waals surface area contributed by atoms with Gasteiger partial charge in [0.15, 0.2) is 9.84 Å². The van der Waals surface area contributed by atoms with Crippen molar-refractivity contribution in [2.75, 3.05) is 16.8 Å². The predicted octanol–water partition coefficient (Wildman–Crippen LogP) is 3.78. The number of sulfone groups is 1. The van der Waals surface area contributed by atoms with E-state index in [2.05, 4.69) is 12.2 Å². The quantitative estimate of drug-likeness (QED) is 0.864. The van der Waals surface area contributed by atoms with Crippen LogP contribution >= 0.6 is 11.8 Å². The van der Waals surface area contributed by atoms with Gasteiger partial charge in [-0.2, -0.15) is 0 Å². The Kier molecular flexibility index (Phi) is 5.49. The fourth-order valence-corrected chi connectivity index (χ4v) is 6.48. The van der Waals surface area contributed by atoms with E-state index in [9.17, 15) is 13.2 Å². The van der Waals surface area contributed by atoms with Crippen molar-refractivity contribution in [1.29, 1.82) is 0 Å². The number of amides is 1. The molecule has 1 aliphatic rings. The average Bonchev–Trinajstić information content (AvgIpc) is 2.94. The Labute approximate surface area is 152 Å². The van der Waals surface area contributed by atoms with E-state index in [0.717, 1.165) is 22.6 Å². The highest BCUT2D eigenvalue weighted by molar-refractivity contribution is 8.02. The smallest absolute Gasteiger partial charge is 0.256 e. The van der Waals surface area contributed by atoms with Crippen LogP contribution in [0.1, 0.15) is 29.3 Å². The van der Waals surface area contributed by atoms with Crippen molar-refractivity contribution >= 4 is 33.2 Å². The van der Waals surface area contributed by atoms with E-state index in [1.165, 1.54) is 11.8 Å². The molecule has 0 bridgehead atoms. The van der Waals surface area contributed by atoms with Crippen LogP contribution < -0.4 is 5.32 Å². The Morgan fingerprint density at radius 2 is 2.00 bits per heavy atom. The van der Waals surface area contributed by atoms with Crippen molar-refractivity contribution in [3.8, 4) is 0 Å². The number of aryl methyl sites for hydroxylation is 1. The predicted molar refractivity (Wildman–Crippen MR) is 103 cm³/mol. The van der Waals surface area contributed by atoms with Gasteiger partial charge in [0.25, 0.3) is 5.91 Å². The zero-order chi connectivity index (χ0) is 17.9. The second-order valence-corrected chi connectivity index (χ2v) is 9.72. The van der Waals surface area contributed by atoms with Crippen LogP contribution in [0, 0.1) is 0 Å². The van der Waals surface area contributed by atoms with Crippen LogP contribution in [0.2, 0.25) is 0 Å². The molecule has 0 aromatic heterocycles. The van der Waals surface area contributed by atoms with Gasteiger partial charge in [0.1, 0.15) is 0 Å². The van der Waals surface area contributed by atoms with E-state index in [-0.39, 0.29) is 22.7 Å². The Bertz CT molecular complexity index is 878. The zero-order valence-corrected chi connectivity index (χ0v) is 15.7. The molecule has 1 saturated heterocycles. The molecule has 1 atom stereocenters. The third-order valence-electron chi connectivity index (χ3n) is 4.21. The van der Waals surface area contributed by atoms with Gasteiger partial charge in [0, 0.05) is 15.8 Å². The molecular weight excluding hydrogens is 354 g/mol. The van der Waals surface area contributed by atoms with E-state index in [1.807, 2.05) is 42.5 Å². The van der Waals surface area contributed by atoms with E-state index in [1.54, 1.807) is 6.07 Å². The molecule has 1 N–H and O–H groups in total. The Hall–Kier alpha value is -1.79. The van der Waals surface area contributed by atoms with Gasteiger partial charge < -0.3 is 5.32 Å². The fourth-order valence-electron chi connectivity index (χ4n) is 2.86. The van der Waals surface area contributed by atoms with Crippen molar-refractivity contribution in [3.63, 3.8) is 0 Å². The first-order chi connectivity index (χ1) is 12.0. The van der Waals surface area contributed by atoms with E-state index >= 15 is 0 Å². The third kappa shape index (κ3) is 4.64. The maximum atomic E-state index is 12.7. The Morgan fingerprint density at radius 3 is 2.72 bits per heavy atom. The topological polar surface area (TPSA) is 63.2 Å². The van der Waals surface area contributed by atoms with Crippen molar-refractivity contribution in [1.82, 2.24) is 0 Å². The summed E-state index contributed by atoms with van der Waals surface area (Å²) in [5.74, 6) is 0.256. The number of rotatable bonds is 5. The molecule has 0 radical (unpaired) electrons. The minimum Gasteiger partial charge on any atom is -0.322 e. The van der Waals surface area contributed by atoms with Gasteiger partial charge in [-0.1, -0.05) is 31.2 Å². The molecule has 2 aromatic rings. The van der Waals surface area contributed by atoms with Gasteiger partial charge in [-0.3, -0.25) is 4.79 Å². The maximum Gasteiger partial charge on any atom is 0.256 e. The molecule has 1 fully saturated rings. The van der Waals surface area contributed by atoms with Crippen LogP contribution in [0.4, 0.5) is 5.69 Å². The lowest BCUT2D eigenvalue weighted by Gasteiger charge is -2.13. The summed E-state index contributed by atoms with van der Waals surface area (Å²) in [6.07, 6.45) is 1.55. The standard InChI is InChI=1S/C19H21NO3S2/c1-2-14-6-5-7-15(12-14)20-19(21)17-8-3-4-9-18(17)24-16-10-11-25(22,23)13-16/h3-9,12,16H,2,10-11,13H2,1H3,(H,20,21). The van der Waals surface area contributed by atoms with Gasteiger partial charge in [0.2, 0.25) is 0 Å². The number of hydrogen-bond acceptors (Lipinski definition) is 4. The number of nitrogens with one attached hydrogen (secondary N) is 1. The number of benzene rings is 2. The maximum absolute atomic E-state index is 12.7. The number of carbonyl (C=O) groups is 1. The average molecular weight is 376 g/mol. The summed E-state index contributed by atoms with van der Waals surface area (Å²) in [6, 6.07) is 15.2. The second-order valence-electron chi connectivity index (χ2n) is 6.15.